The Morgan fingerprint density at radius 2 is 1.59 bits per heavy atom. The van der Waals surface area contributed by atoms with E-state index >= 15 is 0 Å². The average Bonchev–Trinajstić information content (AvgIpc) is 2.79. The molecule has 2 aromatic carbocycles. The lowest BCUT2D eigenvalue weighted by molar-refractivity contribution is -0.139. The van der Waals surface area contributed by atoms with Crippen molar-refractivity contribution in [1.82, 2.24) is 10.2 Å². The Morgan fingerprint density at radius 1 is 1.03 bits per heavy atom. The maximum atomic E-state index is 13.4. The Hall–Kier alpha value is -3.07. The molecule has 1 atom stereocenters. The lowest BCUT2D eigenvalue weighted by Gasteiger charge is -2.31. The second-order valence-electron chi connectivity index (χ2n) is 9.23. The van der Waals surface area contributed by atoms with Gasteiger partial charge in [-0.3, -0.25) is 13.9 Å². The van der Waals surface area contributed by atoms with Crippen molar-refractivity contribution in [2.45, 2.75) is 45.7 Å². The summed E-state index contributed by atoms with van der Waals surface area (Å²) in [5.74, 6) is -0.164. The van der Waals surface area contributed by atoms with Crippen LogP contribution in [0.15, 0.2) is 48.5 Å². The third kappa shape index (κ3) is 6.96. The number of ether oxygens (including phenoxy) is 1. The van der Waals surface area contributed by atoms with Gasteiger partial charge in [-0.15, -0.1) is 0 Å². The van der Waals surface area contributed by atoms with Gasteiger partial charge in [0.2, 0.25) is 21.8 Å². The molecule has 0 saturated carbocycles. The highest BCUT2D eigenvalue weighted by Gasteiger charge is 2.30. The fraction of sp³-hybridized carbons (Fsp3) is 0.440. The van der Waals surface area contributed by atoms with E-state index in [2.05, 4.69) is 26.1 Å². The van der Waals surface area contributed by atoms with Crippen molar-refractivity contribution in [3.05, 3.63) is 59.7 Å². The number of methoxy groups -OCH3 is 1. The van der Waals surface area contributed by atoms with E-state index in [4.69, 9.17) is 4.74 Å². The zero-order chi connectivity index (χ0) is 25.7. The number of benzene rings is 2. The van der Waals surface area contributed by atoms with Crippen LogP contribution >= 0.6 is 0 Å². The summed E-state index contributed by atoms with van der Waals surface area (Å²) in [6, 6.07) is 13.5. The molecule has 0 aliphatic rings. The Labute approximate surface area is 202 Å². The first-order chi connectivity index (χ1) is 15.8. The molecule has 1 N–H and O–H groups in total. The number of carbonyl (C=O) groups is 2. The lowest BCUT2D eigenvalue weighted by Crippen LogP contribution is -2.50. The molecule has 0 unspecified atom stereocenters. The van der Waals surface area contributed by atoms with E-state index in [0.717, 1.165) is 21.7 Å². The second-order valence-corrected chi connectivity index (χ2v) is 11.1. The monoisotopic (exact) mass is 489 g/mol. The van der Waals surface area contributed by atoms with Crippen molar-refractivity contribution in [1.29, 1.82) is 0 Å². The van der Waals surface area contributed by atoms with Crippen LogP contribution < -0.4 is 14.4 Å². The zero-order valence-electron chi connectivity index (χ0n) is 21.0. The molecule has 34 heavy (non-hydrogen) atoms. The number of hydrogen-bond donors (Lipinski definition) is 1. The minimum absolute atomic E-state index is 0.0949. The van der Waals surface area contributed by atoms with Gasteiger partial charge in [-0.2, -0.15) is 0 Å². The molecule has 0 spiro atoms. The largest absolute Gasteiger partial charge is 0.497 e. The van der Waals surface area contributed by atoms with Gasteiger partial charge in [0.1, 0.15) is 18.3 Å². The van der Waals surface area contributed by atoms with Crippen LogP contribution in [0.1, 0.15) is 38.8 Å². The van der Waals surface area contributed by atoms with Crippen LogP contribution in [0.25, 0.3) is 0 Å². The molecule has 0 saturated heterocycles. The summed E-state index contributed by atoms with van der Waals surface area (Å²) in [4.78, 5) is 27.2. The predicted molar refractivity (Wildman–Crippen MR) is 134 cm³/mol. The molecule has 0 aliphatic carbocycles. The van der Waals surface area contributed by atoms with Crippen molar-refractivity contribution < 1.29 is 22.7 Å². The summed E-state index contributed by atoms with van der Waals surface area (Å²) < 4.78 is 31.5. The summed E-state index contributed by atoms with van der Waals surface area (Å²) in [5.41, 5.74) is 2.12. The molecule has 2 rings (SSSR count). The van der Waals surface area contributed by atoms with Gasteiger partial charge in [-0.25, -0.2) is 8.42 Å². The molecule has 2 aromatic rings. The Balaban J connectivity index is 2.37. The van der Waals surface area contributed by atoms with Crippen LogP contribution in [0.4, 0.5) is 5.69 Å². The number of anilines is 1. The molecule has 0 radical (unpaired) electrons. The van der Waals surface area contributed by atoms with Crippen LogP contribution in [0, 0.1) is 0 Å². The maximum Gasteiger partial charge on any atom is 0.244 e. The van der Waals surface area contributed by atoms with Crippen molar-refractivity contribution >= 4 is 27.5 Å². The van der Waals surface area contributed by atoms with Crippen LogP contribution in [-0.2, 0) is 31.6 Å². The Morgan fingerprint density at radius 3 is 2.03 bits per heavy atom. The van der Waals surface area contributed by atoms with Gasteiger partial charge in [-0.1, -0.05) is 45.0 Å². The third-order valence-electron chi connectivity index (χ3n) is 5.63. The quantitative estimate of drug-likeness (QED) is 0.584. The van der Waals surface area contributed by atoms with E-state index in [-0.39, 0.29) is 17.9 Å². The van der Waals surface area contributed by atoms with E-state index in [1.165, 1.54) is 11.9 Å². The van der Waals surface area contributed by atoms with Crippen molar-refractivity contribution in [3.8, 4) is 5.75 Å². The van der Waals surface area contributed by atoms with Gasteiger partial charge in [0.25, 0.3) is 0 Å². The van der Waals surface area contributed by atoms with E-state index in [1.807, 2.05) is 12.1 Å². The number of sulfonamides is 1. The molecule has 2 amide bonds. The van der Waals surface area contributed by atoms with E-state index < -0.39 is 28.5 Å². The summed E-state index contributed by atoms with van der Waals surface area (Å²) >= 11 is 0. The molecule has 9 heteroatoms. The fourth-order valence-corrected chi connectivity index (χ4v) is 4.31. The van der Waals surface area contributed by atoms with Gasteiger partial charge in [0.15, 0.2) is 0 Å². The second kappa shape index (κ2) is 10.9. The van der Waals surface area contributed by atoms with Crippen LogP contribution in [0.3, 0.4) is 0 Å². The molecule has 186 valence electrons. The predicted octanol–water partition coefficient (Wildman–Crippen LogP) is 2.92. The highest BCUT2D eigenvalue weighted by atomic mass is 32.2. The number of nitrogens with one attached hydrogen (secondary N) is 1. The number of amides is 2. The summed E-state index contributed by atoms with van der Waals surface area (Å²) in [5, 5.41) is 2.55. The first kappa shape index (κ1) is 27.2. The van der Waals surface area contributed by atoms with Crippen molar-refractivity contribution in [2.24, 2.45) is 0 Å². The van der Waals surface area contributed by atoms with Crippen LogP contribution in [0.2, 0.25) is 0 Å². The van der Waals surface area contributed by atoms with Gasteiger partial charge < -0.3 is 15.0 Å². The molecule has 0 aromatic heterocycles. The SMILES string of the molecule is CNC(=O)[C@H](C)N(Cc1ccc(OC)cc1)C(=O)CN(c1ccc(C(C)(C)C)cc1)S(C)(=O)=O. The first-order valence-electron chi connectivity index (χ1n) is 11.0. The topological polar surface area (TPSA) is 96.0 Å². The highest BCUT2D eigenvalue weighted by Crippen LogP contribution is 2.26. The molecule has 0 aliphatic heterocycles. The van der Waals surface area contributed by atoms with E-state index in [0.29, 0.717) is 11.4 Å². The number of rotatable bonds is 9. The van der Waals surface area contributed by atoms with Crippen molar-refractivity contribution in [3.63, 3.8) is 0 Å². The number of nitrogens with zero attached hydrogens (tertiary/aromatic N) is 2. The molecule has 0 heterocycles. The molecule has 8 nitrogen and oxygen atoms in total. The normalized spacial score (nSPS) is 12.6. The average molecular weight is 490 g/mol. The molecule has 0 bridgehead atoms. The van der Waals surface area contributed by atoms with Gasteiger partial charge in [0.05, 0.1) is 19.1 Å². The smallest absolute Gasteiger partial charge is 0.244 e. The third-order valence-corrected chi connectivity index (χ3v) is 6.77. The lowest BCUT2D eigenvalue weighted by atomic mass is 9.87. The van der Waals surface area contributed by atoms with Gasteiger partial charge in [0, 0.05) is 13.6 Å². The summed E-state index contributed by atoms with van der Waals surface area (Å²) in [7, 11) is -0.703. The van der Waals surface area contributed by atoms with Gasteiger partial charge >= 0.3 is 0 Å². The van der Waals surface area contributed by atoms with Crippen LogP contribution in [0.5, 0.6) is 5.75 Å². The number of carbonyl (C=O) groups excluding carboxylic acids is 2. The van der Waals surface area contributed by atoms with E-state index in [9.17, 15) is 18.0 Å². The molecular formula is C25H35N3O5S. The summed E-state index contributed by atoms with van der Waals surface area (Å²) in [6.07, 6.45) is 1.06. The maximum absolute atomic E-state index is 13.4. The highest BCUT2D eigenvalue weighted by molar-refractivity contribution is 7.92. The molecular weight excluding hydrogens is 454 g/mol. The standard InChI is InChI=1S/C25H35N3O5S/c1-18(24(30)26-5)27(16-19-8-14-22(33-6)15-9-19)23(29)17-28(34(7,31)32)21-12-10-20(11-13-21)25(2,3)4/h8-15,18H,16-17H2,1-7H3,(H,26,30)/t18-/m0/s1. The first-order valence-corrected chi connectivity index (χ1v) is 12.8. The zero-order valence-corrected chi connectivity index (χ0v) is 21.8. The minimum atomic E-state index is -3.76. The Kier molecular flexibility index (Phi) is 8.72. The fourth-order valence-electron chi connectivity index (χ4n) is 3.46. The van der Waals surface area contributed by atoms with Crippen molar-refractivity contribution in [2.75, 3.05) is 31.3 Å². The van der Waals surface area contributed by atoms with E-state index in [1.54, 1.807) is 50.4 Å². The molecule has 0 fully saturated rings. The summed E-state index contributed by atoms with van der Waals surface area (Å²) in [6.45, 7) is 7.53. The number of likely N-dealkylation sites (N-methyl/N-ethyl adjacent to an activating group) is 1. The Bertz CT molecular complexity index is 1090. The number of hydrogen-bond acceptors (Lipinski definition) is 5. The van der Waals surface area contributed by atoms with Crippen LogP contribution in [-0.4, -0.2) is 58.1 Å². The van der Waals surface area contributed by atoms with Gasteiger partial charge in [-0.05, 0) is 47.7 Å². The minimum Gasteiger partial charge on any atom is -0.497 e.